The van der Waals surface area contributed by atoms with Crippen LogP contribution < -0.4 is 0 Å². The Bertz CT molecular complexity index is 622. The molecule has 0 radical (unpaired) electrons. The standard InChI is InChI=1S/C10H9Br3N4O3/c11-7-6-8(15-9(12)14-6)16-10(13)17(7)5-1-3(19)4(2-18)20-5/h3-5,18-19H,1-2H2/t3-,4+,5?/m0/s1. The third-order valence-corrected chi connectivity index (χ3v) is 4.76. The van der Waals surface area contributed by atoms with Gasteiger partial charge in [-0.3, -0.25) is 4.57 Å². The van der Waals surface area contributed by atoms with Crippen LogP contribution in [0.1, 0.15) is 12.6 Å². The largest absolute Gasteiger partial charge is 0.394 e. The van der Waals surface area contributed by atoms with Crippen molar-refractivity contribution in [3.63, 3.8) is 0 Å². The first-order valence-electron chi connectivity index (χ1n) is 5.72. The van der Waals surface area contributed by atoms with Crippen molar-refractivity contribution >= 4 is 47.8 Å². The summed E-state index contributed by atoms with van der Waals surface area (Å²) in [6, 6.07) is 0. The molecule has 1 fully saturated rings. The molecule has 0 aromatic heterocycles. The van der Waals surface area contributed by atoms with Gasteiger partial charge in [0.1, 0.15) is 22.6 Å². The van der Waals surface area contributed by atoms with E-state index in [0.717, 1.165) is 0 Å². The molecule has 3 aliphatic rings. The minimum Gasteiger partial charge on any atom is -0.394 e. The Morgan fingerprint density at radius 2 is 2.00 bits per heavy atom. The van der Waals surface area contributed by atoms with Crippen molar-refractivity contribution in [1.29, 1.82) is 0 Å². The Morgan fingerprint density at radius 1 is 1.25 bits per heavy atom. The van der Waals surface area contributed by atoms with Crippen LogP contribution in [0.5, 0.6) is 0 Å². The Balaban J connectivity index is 2.06. The molecule has 0 aromatic carbocycles. The Hall–Kier alpha value is -0.130. The summed E-state index contributed by atoms with van der Waals surface area (Å²) in [4.78, 5) is 12.7. The average Bonchev–Trinajstić information content (AvgIpc) is 2.92. The van der Waals surface area contributed by atoms with Crippen LogP contribution >= 0.6 is 47.8 Å². The summed E-state index contributed by atoms with van der Waals surface area (Å²) in [6.45, 7) is -0.231. The van der Waals surface area contributed by atoms with E-state index in [2.05, 4.69) is 62.7 Å². The zero-order chi connectivity index (χ0) is 14.4. The van der Waals surface area contributed by atoms with E-state index in [0.29, 0.717) is 32.0 Å². The summed E-state index contributed by atoms with van der Waals surface area (Å²) in [5.41, 5.74) is 0.589. The summed E-state index contributed by atoms with van der Waals surface area (Å²) in [7, 11) is 0. The molecule has 3 aliphatic heterocycles. The second-order valence-electron chi connectivity index (χ2n) is 4.32. The predicted molar refractivity (Wildman–Crippen MR) is 79.2 cm³/mol. The van der Waals surface area contributed by atoms with E-state index >= 15 is 0 Å². The lowest BCUT2D eigenvalue weighted by Gasteiger charge is -2.20. The van der Waals surface area contributed by atoms with Gasteiger partial charge < -0.3 is 14.9 Å². The second kappa shape index (κ2) is 5.58. The first kappa shape index (κ1) is 14.8. The molecule has 0 spiro atoms. The lowest BCUT2D eigenvalue weighted by Crippen LogP contribution is -2.24. The Morgan fingerprint density at radius 3 is 2.65 bits per heavy atom. The molecule has 108 valence electrons. The number of halogens is 3. The molecular weight excluding hydrogens is 464 g/mol. The highest BCUT2D eigenvalue weighted by molar-refractivity contribution is 9.11. The van der Waals surface area contributed by atoms with Crippen LogP contribution in [0.4, 0.5) is 0 Å². The first-order chi connectivity index (χ1) is 9.51. The van der Waals surface area contributed by atoms with Crippen LogP contribution in [0.3, 0.4) is 0 Å². The molecule has 3 heterocycles. The van der Waals surface area contributed by atoms with Crippen LogP contribution in [0, 0.1) is 0 Å². The van der Waals surface area contributed by atoms with E-state index in [-0.39, 0.29) is 6.61 Å². The summed E-state index contributed by atoms with van der Waals surface area (Å²) in [5.74, 6) is 0.490. The second-order valence-corrected chi connectivity index (χ2v) is 6.49. The molecule has 7 nitrogen and oxygen atoms in total. The van der Waals surface area contributed by atoms with Gasteiger partial charge in [-0.2, -0.15) is 0 Å². The topological polar surface area (TPSA) is 93.3 Å². The quantitative estimate of drug-likeness (QED) is 0.392. The zero-order valence-corrected chi connectivity index (χ0v) is 14.6. The number of aromatic nitrogens is 4. The molecule has 3 rings (SSSR count). The number of aliphatic hydroxyl groups is 2. The van der Waals surface area contributed by atoms with Gasteiger partial charge in [-0.25, -0.2) is 15.0 Å². The molecule has 10 heteroatoms. The molecule has 0 aromatic rings. The van der Waals surface area contributed by atoms with Gasteiger partial charge in [-0.15, -0.1) is 0 Å². The van der Waals surface area contributed by atoms with Gasteiger partial charge in [-0.05, 0) is 47.8 Å². The summed E-state index contributed by atoms with van der Waals surface area (Å²) < 4.78 is 8.95. The minimum atomic E-state index is -0.718. The number of aliphatic hydroxyl groups excluding tert-OH is 2. The van der Waals surface area contributed by atoms with Gasteiger partial charge in [0.2, 0.25) is 0 Å². The van der Waals surface area contributed by atoms with E-state index in [1.807, 2.05) is 0 Å². The highest BCUT2D eigenvalue weighted by Crippen LogP contribution is 2.38. The molecule has 0 amide bonds. The van der Waals surface area contributed by atoms with Crippen molar-refractivity contribution in [3.8, 4) is 11.5 Å². The maximum atomic E-state index is 9.84. The summed E-state index contributed by atoms with van der Waals surface area (Å²) in [5, 5.41) is 19.0. The molecule has 0 bridgehead atoms. The first-order valence-corrected chi connectivity index (χ1v) is 8.10. The van der Waals surface area contributed by atoms with Crippen molar-refractivity contribution in [2.75, 3.05) is 6.61 Å². The van der Waals surface area contributed by atoms with Gasteiger partial charge in [-0.1, -0.05) is 0 Å². The van der Waals surface area contributed by atoms with Crippen LogP contribution in [-0.4, -0.2) is 48.5 Å². The lowest BCUT2D eigenvalue weighted by atomic mass is 10.2. The number of fused-ring (bicyclic) bond motifs is 1. The van der Waals surface area contributed by atoms with Gasteiger partial charge in [0.05, 0.1) is 12.7 Å². The van der Waals surface area contributed by atoms with Crippen LogP contribution in [0.15, 0.2) is 14.1 Å². The van der Waals surface area contributed by atoms with Gasteiger partial charge in [0.25, 0.3) is 0 Å². The fraction of sp³-hybridized carbons (Fsp3) is 0.500. The molecular formula is C10H9Br3N4O3. The van der Waals surface area contributed by atoms with Crippen molar-refractivity contribution < 1.29 is 14.9 Å². The maximum absolute atomic E-state index is 9.84. The minimum absolute atomic E-state index is 0.231. The summed E-state index contributed by atoms with van der Waals surface area (Å²) >= 11 is 10.0. The normalized spacial score (nSPS) is 26.6. The smallest absolute Gasteiger partial charge is 0.199 e. The highest BCUT2D eigenvalue weighted by atomic mass is 79.9. The molecule has 1 saturated heterocycles. The predicted octanol–water partition coefficient (Wildman–Crippen LogP) is 1.71. The summed E-state index contributed by atoms with van der Waals surface area (Å²) in [6.07, 6.45) is -1.41. The van der Waals surface area contributed by atoms with E-state index in [9.17, 15) is 5.11 Å². The number of ether oxygens (including phenoxy) is 1. The number of hydrogen-bond acceptors (Lipinski definition) is 6. The van der Waals surface area contributed by atoms with E-state index < -0.39 is 18.4 Å². The Kier molecular flexibility index (Phi) is 4.13. The molecule has 20 heavy (non-hydrogen) atoms. The third-order valence-electron chi connectivity index (χ3n) is 3.09. The zero-order valence-electron chi connectivity index (χ0n) is 9.87. The molecule has 1 unspecified atom stereocenters. The van der Waals surface area contributed by atoms with E-state index in [1.54, 1.807) is 4.57 Å². The van der Waals surface area contributed by atoms with Gasteiger partial charge in [0, 0.05) is 6.42 Å². The third kappa shape index (κ3) is 2.42. The van der Waals surface area contributed by atoms with Crippen molar-refractivity contribution in [2.45, 2.75) is 24.9 Å². The van der Waals surface area contributed by atoms with Crippen LogP contribution in [0.2, 0.25) is 0 Å². The molecule has 0 saturated carbocycles. The number of imidazole rings is 1. The molecule has 3 atom stereocenters. The van der Waals surface area contributed by atoms with Gasteiger partial charge in [0.15, 0.2) is 15.3 Å². The van der Waals surface area contributed by atoms with Crippen LogP contribution in [-0.2, 0) is 4.74 Å². The fourth-order valence-electron chi connectivity index (χ4n) is 2.14. The monoisotopic (exact) mass is 470 g/mol. The van der Waals surface area contributed by atoms with Crippen molar-refractivity contribution in [3.05, 3.63) is 14.1 Å². The number of nitrogens with zero attached hydrogens (tertiary/aromatic N) is 4. The lowest BCUT2D eigenvalue weighted by molar-refractivity contribution is -0.0463. The SMILES string of the molecule is OC[C@H]1OC(n2c(Br)nc3nc(Br)nc-3c2Br)C[C@@H]1O. The van der Waals surface area contributed by atoms with Crippen LogP contribution in [0.25, 0.3) is 11.5 Å². The molecule has 0 aliphatic carbocycles. The maximum Gasteiger partial charge on any atom is 0.199 e. The highest BCUT2D eigenvalue weighted by Gasteiger charge is 2.37. The van der Waals surface area contributed by atoms with Crippen molar-refractivity contribution in [2.24, 2.45) is 0 Å². The average molecular weight is 473 g/mol. The number of hydrogen-bond donors (Lipinski definition) is 2. The molecule has 2 N–H and O–H groups in total. The van der Waals surface area contributed by atoms with Crippen molar-refractivity contribution in [1.82, 2.24) is 19.5 Å². The van der Waals surface area contributed by atoms with E-state index in [1.165, 1.54) is 0 Å². The fourth-order valence-corrected chi connectivity index (χ4v) is 3.96. The van der Waals surface area contributed by atoms with E-state index in [4.69, 9.17) is 9.84 Å². The number of rotatable bonds is 2. The van der Waals surface area contributed by atoms with Gasteiger partial charge >= 0.3 is 0 Å². The Labute approximate surface area is 139 Å².